The van der Waals surface area contributed by atoms with Gasteiger partial charge in [0.05, 0.1) is 22.5 Å². The Hall–Kier alpha value is -3.24. The van der Waals surface area contributed by atoms with Gasteiger partial charge in [0.2, 0.25) is 0 Å². The summed E-state index contributed by atoms with van der Waals surface area (Å²) in [6, 6.07) is 16.5. The average molecular weight is 747 g/mol. The molecule has 1 aromatic carbocycles. The first-order chi connectivity index (χ1) is 24.3. The molecule has 3 aromatic heterocycles. The SMILES string of the molecule is CSc1c(C2CC3CCC(C2)N3C(=O)O)nc2c(-c3ccc(-c4ccccc4)nc3)cnn2c1N(COCC[Si](C)(C)C)COCC[Si](C)(C)C. The average Bonchev–Trinajstić information content (AvgIpc) is 3.64. The number of amides is 1. The molecule has 0 saturated carbocycles. The molecule has 0 radical (unpaired) electrons. The van der Waals surface area contributed by atoms with Crippen LogP contribution in [0.5, 0.6) is 0 Å². The second-order valence-electron chi connectivity index (χ2n) is 16.4. The molecule has 5 heterocycles. The number of thioether (sulfide) groups is 1. The second-order valence-corrected chi connectivity index (χ2v) is 28.5. The third-order valence-electron chi connectivity index (χ3n) is 10.1. The summed E-state index contributed by atoms with van der Waals surface area (Å²) in [4.78, 5) is 27.4. The van der Waals surface area contributed by atoms with Crippen molar-refractivity contribution >= 4 is 45.5 Å². The van der Waals surface area contributed by atoms with Crippen LogP contribution in [0.2, 0.25) is 51.4 Å². The van der Waals surface area contributed by atoms with E-state index in [0.29, 0.717) is 26.7 Å². The summed E-state index contributed by atoms with van der Waals surface area (Å²) >= 11 is 1.68. The molecule has 2 unspecified atom stereocenters. The third-order valence-corrected chi connectivity index (χ3v) is 14.3. The number of hydrogen-bond acceptors (Lipinski definition) is 8. The van der Waals surface area contributed by atoms with Gasteiger partial charge in [0.25, 0.3) is 0 Å². The minimum atomic E-state index is -1.29. The van der Waals surface area contributed by atoms with E-state index in [1.165, 1.54) is 0 Å². The Labute approximate surface area is 309 Å². The molecule has 0 aliphatic carbocycles. The van der Waals surface area contributed by atoms with E-state index in [2.05, 4.69) is 74.7 Å². The Bertz CT molecular complexity index is 1760. The zero-order chi connectivity index (χ0) is 36.3. The first-order valence-corrected chi connectivity index (χ1v) is 26.9. The van der Waals surface area contributed by atoms with Crippen molar-refractivity contribution in [2.45, 2.75) is 100.0 Å². The zero-order valence-corrected chi connectivity index (χ0v) is 34.1. The summed E-state index contributed by atoms with van der Waals surface area (Å²) in [6.07, 6.45) is 8.41. The van der Waals surface area contributed by atoms with Crippen molar-refractivity contribution in [3.63, 3.8) is 0 Å². The number of hydrogen-bond donors (Lipinski definition) is 1. The van der Waals surface area contributed by atoms with E-state index in [4.69, 9.17) is 24.5 Å². The van der Waals surface area contributed by atoms with E-state index in [-0.39, 0.29) is 18.0 Å². The van der Waals surface area contributed by atoms with Crippen LogP contribution in [0.3, 0.4) is 0 Å². The maximum absolute atomic E-state index is 12.2. The molecule has 1 amide bonds. The zero-order valence-electron chi connectivity index (χ0n) is 31.3. The van der Waals surface area contributed by atoms with Crippen LogP contribution in [0, 0.1) is 0 Å². The third kappa shape index (κ3) is 8.87. The van der Waals surface area contributed by atoms with Crippen LogP contribution in [0.4, 0.5) is 10.6 Å². The van der Waals surface area contributed by atoms with Crippen molar-refractivity contribution in [3.8, 4) is 22.4 Å². The lowest BCUT2D eigenvalue weighted by Crippen LogP contribution is -2.45. The number of piperidine rings is 1. The van der Waals surface area contributed by atoms with Crippen LogP contribution in [-0.2, 0) is 9.47 Å². The number of rotatable bonds is 15. The van der Waals surface area contributed by atoms with Gasteiger partial charge >= 0.3 is 6.09 Å². The lowest BCUT2D eigenvalue weighted by molar-refractivity contribution is 0.0926. The van der Waals surface area contributed by atoms with Gasteiger partial charge < -0.3 is 24.4 Å². The maximum atomic E-state index is 12.2. The second kappa shape index (κ2) is 15.8. The van der Waals surface area contributed by atoms with Crippen molar-refractivity contribution in [1.82, 2.24) is 24.5 Å². The molecule has 2 fully saturated rings. The fourth-order valence-corrected chi connectivity index (χ4v) is 9.58. The van der Waals surface area contributed by atoms with Crippen molar-refractivity contribution in [2.24, 2.45) is 0 Å². The van der Waals surface area contributed by atoms with Gasteiger partial charge in [-0.1, -0.05) is 75.7 Å². The van der Waals surface area contributed by atoms with E-state index in [9.17, 15) is 9.90 Å². The molecule has 51 heavy (non-hydrogen) atoms. The van der Waals surface area contributed by atoms with Crippen molar-refractivity contribution < 1.29 is 19.4 Å². The summed E-state index contributed by atoms with van der Waals surface area (Å²) in [6.45, 7) is 16.3. The molecule has 2 atom stereocenters. The standard InChI is InChI=1S/C38H54N6O4SSi2/c1-49-35-34(29-21-30-14-15-31(22-29)43(30)38(45)46)41-36-32(28-13-16-33(39-23-28)27-11-9-8-10-12-27)24-40-44(36)37(35)42(25-47-17-19-50(2,3)4)26-48-18-20-51(5,6)7/h8-13,16,23-24,29-31H,14-15,17-22,25-26H2,1-7H3,(H,45,46). The minimum Gasteiger partial charge on any atom is -0.465 e. The normalized spacial score (nSPS) is 19.2. The van der Waals surface area contributed by atoms with E-state index >= 15 is 0 Å². The van der Waals surface area contributed by atoms with Gasteiger partial charge in [-0.15, -0.1) is 11.8 Å². The predicted octanol–water partition coefficient (Wildman–Crippen LogP) is 9.00. The number of benzene rings is 1. The van der Waals surface area contributed by atoms with Gasteiger partial charge in [-0.05, 0) is 50.1 Å². The number of carbonyl (C=O) groups is 1. The molecule has 0 spiro atoms. The largest absolute Gasteiger partial charge is 0.465 e. The highest BCUT2D eigenvalue weighted by Gasteiger charge is 2.45. The van der Waals surface area contributed by atoms with Crippen LogP contribution in [0.25, 0.3) is 28.0 Å². The molecule has 2 aliphatic rings. The van der Waals surface area contributed by atoms with Gasteiger partial charge in [0.15, 0.2) is 11.5 Å². The molecule has 1 N–H and O–H groups in total. The van der Waals surface area contributed by atoms with Crippen LogP contribution in [0.15, 0.2) is 59.8 Å². The van der Waals surface area contributed by atoms with Crippen LogP contribution in [0.1, 0.15) is 37.3 Å². The Morgan fingerprint density at radius 3 is 2.06 bits per heavy atom. The summed E-state index contributed by atoms with van der Waals surface area (Å²) in [7, 11) is -2.58. The van der Waals surface area contributed by atoms with Crippen LogP contribution < -0.4 is 4.90 Å². The highest BCUT2D eigenvalue weighted by Crippen LogP contribution is 2.47. The molecule has 6 rings (SSSR count). The summed E-state index contributed by atoms with van der Waals surface area (Å²) < 4.78 is 14.8. The fourth-order valence-electron chi connectivity index (χ4n) is 7.25. The van der Waals surface area contributed by atoms with Crippen molar-refractivity contribution in [3.05, 3.63) is 60.6 Å². The molecular formula is C38H54N6O4SSi2. The Morgan fingerprint density at radius 2 is 1.53 bits per heavy atom. The summed E-state index contributed by atoms with van der Waals surface area (Å²) in [5.74, 6) is 1.03. The quantitative estimate of drug-likeness (QED) is 0.0552. The fraction of sp³-hybridized carbons (Fsp3) is 0.526. The Kier molecular flexibility index (Phi) is 11.6. The van der Waals surface area contributed by atoms with E-state index < -0.39 is 22.2 Å². The van der Waals surface area contributed by atoms with Crippen LogP contribution in [-0.4, -0.2) is 96.8 Å². The van der Waals surface area contributed by atoms with E-state index in [1.54, 1.807) is 16.7 Å². The molecule has 2 aliphatic heterocycles. The highest BCUT2D eigenvalue weighted by molar-refractivity contribution is 7.98. The highest BCUT2D eigenvalue weighted by atomic mass is 32.2. The van der Waals surface area contributed by atoms with Gasteiger partial charge in [-0.2, -0.15) is 9.61 Å². The molecule has 10 nitrogen and oxygen atoms in total. The number of nitrogens with zero attached hydrogens (tertiary/aromatic N) is 6. The van der Waals surface area contributed by atoms with Gasteiger partial charge in [0.1, 0.15) is 13.5 Å². The number of ether oxygens (including phenoxy) is 2. The molecule has 2 bridgehead atoms. The number of anilines is 1. The minimum absolute atomic E-state index is 0.00689. The molecule has 4 aromatic rings. The van der Waals surface area contributed by atoms with E-state index in [1.807, 2.05) is 35.1 Å². The molecule has 2 saturated heterocycles. The first-order valence-electron chi connectivity index (χ1n) is 18.2. The van der Waals surface area contributed by atoms with Gasteiger partial charge in [0, 0.05) is 70.3 Å². The van der Waals surface area contributed by atoms with Crippen LogP contribution >= 0.6 is 11.8 Å². The first kappa shape index (κ1) is 37.5. The van der Waals surface area contributed by atoms with Gasteiger partial charge in [-0.3, -0.25) is 4.98 Å². The predicted molar refractivity (Wildman–Crippen MR) is 213 cm³/mol. The monoisotopic (exact) mass is 746 g/mol. The Balaban J connectivity index is 1.43. The number of aromatic nitrogens is 4. The lowest BCUT2D eigenvalue weighted by atomic mass is 9.88. The number of fused-ring (bicyclic) bond motifs is 3. The topological polar surface area (TPSA) is 105 Å². The van der Waals surface area contributed by atoms with Gasteiger partial charge in [-0.25, -0.2) is 9.78 Å². The summed E-state index contributed by atoms with van der Waals surface area (Å²) in [5.41, 5.74) is 5.59. The molecular weight excluding hydrogens is 693 g/mol. The maximum Gasteiger partial charge on any atom is 0.407 e. The molecule has 274 valence electrons. The molecule has 13 heteroatoms. The summed E-state index contributed by atoms with van der Waals surface area (Å²) in [5, 5.41) is 15.0. The van der Waals surface area contributed by atoms with E-state index in [0.717, 1.165) is 82.2 Å². The number of carboxylic acid groups (broad SMARTS) is 1. The Morgan fingerprint density at radius 1 is 0.902 bits per heavy atom. The smallest absolute Gasteiger partial charge is 0.407 e. The van der Waals surface area contributed by atoms with Crippen molar-refractivity contribution in [1.29, 1.82) is 0 Å². The van der Waals surface area contributed by atoms with Crippen molar-refractivity contribution in [2.75, 3.05) is 37.8 Å². The lowest BCUT2D eigenvalue weighted by Gasteiger charge is -2.38. The number of pyridine rings is 1.